The van der Waals surface area contributed by atoms with Crippen molar-refractivity contribution in [2.24, 2.45) is 0 Å². The maximum absolute atomic E-state index is 12.5. The van der Waals surface area contributed by atoms with Crippen LogP contribution in [0.3, 0.4) is 0 Å². The van der Waals surface area contributed by atoms with Crippen LogP contribution in [0.25, 0.3) is 0 Å². The van der Waals surface area contributed by atoms with Crippen LogP contribution in [0.15, 0.2) is 46.9 Å². The molecule has 30 heavy (non-hydrogen) atoms. The van der Waals surface area contributed by atoms with E-state index in [0.717, 1.165) is 4.47 Å². The average Bonchev–Trinajstić information content (AvgIpc) is 2.64. The van der Waals surface area contributed by atoms with E-state index in [1.54, 1.807) is 18.2 Å². The van der Waals surface area contributed by atoms with Gasteiger partial charge in [-0.2, -0.15) is 0 Å². The van der Waals surface area contributed by atoms with Crippen LogP contribution in [0.4, 0.5) is 11.4 Å². The maximum atomic E-state index is 12.5. The van der Waals surface area contributed by atoms with Gasteiger partial charge >= 0.3 is 0 Å². The van der Waals surface area contributed by atoms with Crippen molar-refractivity contribution in [1.29, 1.82) is 0 Å². The summed E-state index contributed by atoms with van der Waals surface area (Å²) in [6.07, 6.45) is -0.875. The zero-order valence-electron chi connectivity index (χ0n) is 16.5. The molecular formula is C20H21BrN4O5. The zero-order chi connectivity index (χ0) is 22.3. The lowest BCUT2D eigenvalue weighted by Gasteiger charge is -2.16. The summed E-state index contributed by atoms with van der Waals surface area (Å²) in [5, 5.41) is 5.09. The molecule has 0 fully saturated rings. The first-order valence-corrected chi connectivity index (χ1v) is 9.66. The van der Waals surface area contributed by atoms with E-state index in [4.69, 9.17) is 4.74 Å². The van der Waals surface area contributed by atoms with Gasteiger partial charge in [0.2, 0.25) is 11.8 Å². The third-order valence-corrected chi connectivity index (χ3v) is 4.11. The Morgan fingerprint density at radius 3 is 2.03 bits per heavy atom. The monoisotopic (exact) mass is 476 g/mol. The smallest absolute Gasteiger partial charge is 0.279 e. The first-order chi connectivity index (χ1) is 14.1. The molecule has 10 heteroatoms. The molecule has 0 spiro atoms. The molecule has 2 rings (SSSR count). The minimum absolute atomic E-state index is 0.117. The fourth-order valence-corrected chi connectivity index (χ4v) is 2.78. The van der Waals surface area contributed by atoms with Crippen molar-refractivity contribution in [1.82, 2.24) is 10.9 Å². The summed E-state index contributed by atoms with van der Waals surface area (Å²) in [7, 11) is 0. The van der Waals surface area contributed by atoms with Crippen molar-refractivity contribution in [3.05, 3.63) is 52.5 Å². The van der Waals surface area contributed by atoms with Crippen LogP contribution in [0.5, 0.6) is 5.75 Å². The normalized spacial score (nSPS) is 11.1. The largest absolute Gasteiger partial charge is 0.481 e. The Kier molecular flexibility index (Phi) is 7.93. The zero-order valence-corrected chi connectivity index (χ0v) is 18.1. The van der Waals surface area contributed by atoms with Gasteiger partial charge in [0.25, 0.3) is 11.8 Å². The lowest BCUT2D eigenvalue weighted by Crippen LogP contribution is -2.47. The molecule has 0 aliphatic rings. The molecule has 158 valence electrons. The molecule has 1 unspecified atom stereocenters. The van der Waals surface area contributed by atoms with Crippen molar-refractivity contribution in [2.45, 2.75) is 26.9 Å². The molecule has 0 heterocycles. The number of anilines is 2. The topological polar surface area (TPSA) is 126 Å². The summed E-state index contributed by atoms with van der Waals surface area (Å²) < 4.78 is 6.33. The number of ether oxygens (including phenoxy) is 1. The van der Waals surface area contributed by atoms with Gasteiger partial charge in [0.15, 0.2) is 6.10 Å². The molecule has 0 saturated heterocycles. The maximum Gasteiger partial charge on any atom is 0.279 e. The van der Waals surface area contributed by atoms with Gasteiger partial charge in [-0.05, 0) is 43.3 Å². The molecule has 2 aromatic rings. The highest BCUT2D eigenvalue weighted by Gasteiger charge is 2.17. The minimum atomic E-state index is -0.875. The van der Waals surface area contributed by atoms with Crippen LogP contribution < -0.4 is 26.2 Å². The first-order valence-electron chi connectivity index (χ1n) is 8.86. The van der Waals surface area contributed by atoms with Crippen molar-refractivity contribution in [3.8, 4) is 5.75 Å². The third-order valence-electron chi connectivity index (χ3n) is 3.61. The predicted octanol–water partition coefficient (Wildman–Crippen LogP) is 2.59. The van der Waals surface area contributed by atoms with Gasteiger partial charge in [0.1, 0.15) is 5.75 Å². The van der Waals surface area contributed by atoms with E-state index < -0.39 is 17.9 Å². The predicted molar refractivity (Wildman–Crippen MR) is 115 cm³/mol. The van der Waals surface area contributed by atoms with Crippen LogP contribution in [0.2, 0.25) is 0 Å². The number of halogens is 1. The van der Waals surface area contributed by atoms with Crippen LogP contribution in [0, 0.1) is 0 Å². The van der Waals surface area contributed by atoms with E-state index in [-0.39, 0.29) is 17.4 Å². The quantitative estimate of drug-likeness (QED) is 0.476. The third kappa shape index (κ3) is 7.21. The molecule has 1 atom stereocenters. The highest BCUT2D eigenvalue weighted by atomic mass is 79.9. The van der Waals surface area contributed by atoms with Crippen LogP contribution in [-0.4, -0.2) is 29.7 Å². The molecule has 0 aliphatic heterocycles. The molecular weight excluding hydrogens is 456 g/mol. The summed E-state index contributed by atoms with van der Waals surface area (Å²) in [6.45, 7) is 4.17. The number of hydrogen-bond donors (Lipinski definition) is 4. The molecule has 0 aromatic heterocycles. The molecule has 0 bridgehead atoms. The van der Waals surface area contributed by atoms with Gasteiger partial charge in [-0.3, -0.25) is 30.0 Å². The minimum Gasteiger partial charge on any atom is -0.481 e. The number of nitrogens with one attached hydrogen (secondary N) is 4. The molecule has 2 aromatic carbocycles. The number of carbonyl (C=O) groups excluding carboxylic acids is 4. The van der Waals surface area contributed by atoms with Crippen molar-refractivity contribution in [2.75, 3.05) is 10.6 Å². The van der Waals surface area contributed by atoms with Crippen molar-refractivity contribution >= 4 is 50.9 Å². The molecule has 0 aliphatic carbocycles. The Morgan fingerprint density at radius 2 is 1.50 bits per heavy atom. The van der Waals surface area contributed by atoms with Crippen LogP contribution in [0.1, 0.15) is 31.1 Å². The lowest BCUT2D eigenvalue weighted by molar-refractivity contribution is -0.128. The van der Waals surface area contributed by atoms with Gasteiger partial charge < -0.3 is 15.4 Å². The Hall–Kier alpha value is -3.40. The number of carbonyl (C=O) groups is 4. The van der Waals surface area contributed by atoms with Gasteiger partial charge in [0.05, 0.1) is 0 Å². The Bertz CT molecular complexity index is 945. The number of benzene rings is 2. The second-order valence-electron chi connectivity index (χ2n) is 6.32. The number of hydrogen-bond acceptors (Lipinski definition) is 5. The van der Waals surface area contributed by atoms with Gasteiger partial charge in [-0.25, -0.2) is 0 Å². The van der Waals surface area contributed by atoms with E-state index in [1.807, 2.05) is 6.07 Å². The van der Waals surface area contributed by atoms with Crippen molar-refractivity contribution < 1.29 is 23.9 Å². The van der Waals surface area contributed by atoms with Gasteiger partial charge in [-0.1, -0.05) is 22.0 Å². The van der Waals surface area contributed by atoms with E-state index in [9.17, 15) is 19.2 Å². The summed E-state index contributed by atoms with van der Waals surface area (Å²) in [6, 6.07) is 11.3. The second kappa shape index (κ2) is 10.4. The number of amides is 4. The highest BCUT2D eigenvalue weighted by Crippen LogP contribution is 2.20. The van der Waals surface area contributed by atoms with Crippen molar-refractivity contribution in [3.63, 3.8) is 0 Å². The van der Waals surface area contributed by atoms with Crippen LogP contribution in [-0.2, 0) is 14.4 Å². The number of hydrazine groups is 1. The number of rotatable bonds is 6. The highest BCUT2D eigenvalue weighted by molar-refractivity contribution is 9.10. The summed E-state index contributed by atoms with van der Waals surface area (Å²) in [5.41, 5.74) is 5.32. The fourth-order valence-electron chi connectivity index (χ4n) is 2.40. The Balaban J connectivity index is 2.04. The van der Waals surface area contributed by atoms with Crippen LogP contribution >= 0.6 is 15.9 Å². The molecule has 0 radical (unpaired) electrons. The van der Waals surface area contributed by atoms with Gasteiger partial charge in [-0.15, -0.1) is 0 Å². The second-order valence-corrected chi connectivity index (χ2v) is 7.24. The molecule has 4 N–H and O–H groups in total. The molecule has 9 nitrogen and oxygen atoms in total. The van der Waals surface area contributed by atoms with Gasteiger partial charge in [0, 0.05) is 35.3 Å². The Labute approximate surface area is 181 Å². The molecule has 0 saturated carbocycles. The lowest BCUT2D eigenvalue weighted by atomic mass is 10.1. The average molecular weight is 477 g/mol. The summed E-state index contributed by atoms with van der Waals surface area (Å²) >= 11 is 3.32. The molecule has 4 amide bonds. The first kappa shape index (κ1) is 22.9. The van der Waals surface area contributed by atoms with E-state index in [0.29, 0.717) is 17.1 Å². The summed E-state index contributed by atoms with van der Waals surface area (Å²) in [4.78, 5) is 47.3. The van der Waals surface area contributed by atoms with E-state index in [1.165, 1.54) is 39.0 Å². The Morgan fingerprint density at radius 1 is 0.900 bits per heavy atom. The fraction of sp³-hybridized carbons (Fsp3) is 0.200. The SMILES string of the molecule is CC(=O)Nc1cc(NC(C)=O)cc(C(=O)NNC(=O)C(C)Oc2cccc(Br)c2)c1. The van der Waals surface area contributed by atoms with E-state index >= 15 is 0 Å². The van der Waals surface area contributed by atoms with E-state index in [2.05, 4.69) is 37.4 Å². The summed E-state index contributed by atoms with van der Waals surface area (Å²) in [5.74, 6) is -1.40. The standard InChI is InChI=1S/C20H21BrN4O5/c1-11(30-18-6-4-5-15(21)9-18)19(28)24-25-20(29)14-7-16(22-12(2)26)10-17(8-14)23-13(3)27/h4-11H,1-3H3,(H,22,26)(H,23,27)(H,24,28)(H,25,29).